The molecule has 1 aromatic rings. The fourth-order valence-corrected chi connectivity index (χ4v) is 3.24. The summed E-state index contributed by atoms with van der Waals surface area (Å²) in [5.74, 6) is -0.253. The van der Waals surface area contributed by atoms with Crippen molar-refractivity contribution in [2.75, 3.05) is 0 Å². The van der Waals surface area contributed by atoms with Gasteiger partial charge in [-0.25, -0.2) is 8.78 Å². The van der Waals surface area contributed by atoms with Gasteiger partial charge in [0.2, 0.25) is 0 Å². The maximum absolute atomic E-state index is 13.8. The van der Waals surface area contributed by atoms with Gasteiger partial charge in [0, 0.05) is 11.6 Å². The van der Waals surface area contributed by atoms with Crippen LogP contribution in [0.5, 0.6) is 0 Å². The van der Waals surface area contributed by atoms with Crippen LogP contribution in [0.15, 0.2) is 16.6 Å². The van der Waals surface area contributed by atoms with Crippen LogP contribution in [0.3, 0.4) is 0 Å². The molecular weight excluding hydrogens is 312 g/mol. The minimum absolute atomic E-state index is 0.105. The number of rotatable bonds is 5. The Morgan fingerprint density at radius 2 is 1.95 bits per heavy atom. The van der Waals surface area contributed by atoms with Crippen molar-refractivity contribution >= 4 is 15.9 Å². The van der Waals surface area contributed by atoms with Gasteiger partial charge >= 0.3 is 0 Å². The first-order valence-corrected chi connectivity index (χ1v) is 7.75. The van der Waals surface area contributed by atoms with Gasteiger partial charge in [-0.3, -0.25) is 0 Å². The zero-order valence-electron chi connectivity index (χ0n) is 11.0. The molecule has 19 heavy (non-hydrogen) atoms. The number of hydrogen-bond acceptors (Lipinski definition) is 1. The summed E-state index contributed by atoms with van der Waals surface area (Å²) in [4.78, 5) is 0. The minimum Gasteiger partial charge on any atom is -0.327 e. The van der Waals surface area contributed by atoms with E-state index in [-0.39, 0.29) is 18.0 Å². The zero-order chi connectivity index (χ0) is 13.8. The van der Waals surface area contributed by atoms with E-state index in [0.29, 0.717) is 4.47 Å². The van der Waals surface area contributed by atoms with E-state index in [1.165, 1.54) is 37.8 Å². The first kappa shape index (κ1) is 14.9. The highest BCUT2D eigenvalue weighted by Gasteiger charge is 2.19. The van der Waals surface area contributed by atoms with Crippen molar-refractivity contribution in [2.24, 2.45) is 11.7 Å². The Kier molecular flexibility index (Phi) is 5.34. The van der Waals surface area contributed by atoms with Crippen LogP contribution < -0.4 is 5.73 Å². The predicted molar refractivity (Wildman–Crippen MR) is 76.9 cm³/mol. The third-order valence-corrected chi connectivity index (χ3v) is 4.64. The Balaban J connectivity index is 1.91. The van der Waals surface area contributed by atoms with Gasteiger partial charge in [0.1, 0.15) is 11.6 Å². The average molecular weight is 332 g/mol. The van der Waals surface area contributed by atoms with Crippen LogP contribution in [0.2, 0.25) is 0 Å². The quantitative estimate of drug-likeness (QED) is 0.786. The van der Waals surface area contributed by atoms with Gasteiger partial charge in [-0.2, -0.15) is 0 Å². The Hall–Kier alpha value is -0.480. The Morgan fingerprint density at radius 1 is 1.26 bits per heavy atom. The Labute approximate surface area is 121 Å². The fraction of sp³-hybridized carbons (Fsp3) is 0.600. The van der Waals surface area contributed by atoms with Gasteiger partial charge in [-0.1, -0.05) is 25.7 Å². The lowest BCUT2D eigenvalue weighted by molar-refractivity contribution is 0.439. The molecule has 0 radical (unpaired) electrons. The van der Waals surface area contributed by atoms with Crippen LogP contribution in [-0.4, -0.2) is 6.04 Å². The summed E-state index contributed by atoms with van der Waals surface area (Å²) in [6, 6.07) is 2.50. The molecule has 4 heteroatoms. The highest BCUT2D eigenvalue weighted by Crippen LogP contribution is 2.29. The van der Waals surface area contributed by atoms with E-state index >= 15 is 0 Å². The maximum Gasteiger partial charge on any atom is 0.143 e. The van der Waals surface area contributed by atoms with Crippen LogP contribution in [0.4, 0.5) is 8.78 Å². The molecule has 1 nitrogen and oxygen atoms in total. The molecule has 1 aliphatic carbocycles. The second kappa shape index (κ2) is 6.80. The summed E-state index contributed by atoms with van der Waals surface area (Å²) in [5, 5.41) is 0. The summed E-state index contributed by atoms with van der Waals surface area (Å²) in [7, 11) is 0. The summed E-state index contributed by atoms with van der Waals surface area (Å²) in [5.41, 5.74) is 6.13. The molecule has 1 aliphatic rings. The van der Waals surface area contributed by atoms with Crippen molar-refractivity contribution < 1.29 is 8.78 Å². The molecule has 0 bridgehead atoms. The zero-order valence-corrected chi connectivity index (χ0v) is 12.6. The summed E-state index contributed by atoms with van der Waals surface area (Å²) >= 11 is 3.08. The maximum atomic E-state index is 13.8. The fourth-order valence-electron chi connectivity index (χ4n) is 2.87. The van der Waals surface area contributed by atoms with Gasteiger partial charge in [-0.05, 0) is 53.2 Å². The van der Waals surface area contributed by atoms with Gasteiger partial charge in [0.15, 0.2) is 0 Å². The Morgan fingerprint density at radius 3 is 2.63 bits per heavy atom. The number of halogens is 3. The lowest BCUT2D eigenvalue weighted by Crippen LogP contribution is -2.24. The molecule has 0 aromatic heterocycles. The highest BCUT2D eigenvalue weighted by molar-refractivity contribution is 9.10. The van der Waals surface area contributed by atoms with E-state index in [1.54, 1.807) is 0 Å². The lowest BCUT2D eigenvalue weighted by atomic mass is 9.95. The SMILES string of the molecule is NC(CCC1CCCC1)Cc1c(F)ccc(Br)c1F. The molecule has 1 atom stereocenters. The highest BCUT2D eigenvalue weighted by atomic mass is 79.9. The third-order valence-electron chi connectivity index (χ3n) is 4.03. The number of nitrogens with two attached hydrogens (primary N) is 1. The molecule has 106 valence electrons. The second-order valence-corrected chi connectivity index (χ2v) is 6.37. The largest absolute Gasteiger partial charge is 0.327 e. The normalized spacial score (nSPS) is 17.9. The first-order valence-electron chi connectivity index (χ1n) is 6.96. The molecule has 1 saturated carbocycles. The molecule has 0 heterocycles. The summed E-state index contributed by atoms with van der Waals surface area (Å²) in [6.45, 7) is 0. The Bertz CT molecular complexity index is 430. The predicted octanol–water partition coefficient (Wildman–Crippen LogP) is 4.57. The van der Waals surface area contributed by atoms with Gasteiger partial charge in [-0.15, -0.1) is 0 Å². The van der Waals surface area contributed by atoms with Gasteiger partial charge in [0.05, 0.1) is 4.47 Å². The monoisotopic (exact) mass is 331 g/mol. The van der Waals surface area contributed by atoms with Crippen LogP contribution in [-0.2, 0) is 6.42 Å². The molecule has 0 amide bonds. The van der Waals surface area contributed by atoms with Crippen molar-refractivity contribution in [3.63, 3.8) is 0 Å². The van der Waals surface area contributed by atoms with Crippen molar-refractivity contribution in [1.82, 2.24) is 0 Å². The lowest BCUT2D eigenvalue weighted by Gasteiger charge is -2.16. The molecule has 1 fully saturated rings. The van der Waals surface area contributed by atoms with Crippen molar-refractivity contribution in [1.29, 1.82) is 0 Å². The molecule has 1 unspecified atom stereocenters. The van der Waals surface area contributed by atoms with Crippen LogP contribution in [0.1, 0.15) is 44.1 Å². The second-order valence-electron chi connectivity index (χ2n) is 5.51. The molecule has 2 rings (SSSR count). The molecule has 0 spiro atoms. The van der Waals surface area contributed by atoms with E-state index in [0.717, 1.165) is 18.8 Å². The van der Waals surface area contributed by atoms with E-state index in [9.17, 15) is 8.78 Å². The standard InChI is InChI=1S/C15H20BrF2N/c16-13-7-8-14(17)12(15(13)18)9-11(19)6-5-10-3-1-2-4-10/h7-8,10-11H,1-6,9,19H2. The molecule has 1 aromatic carbocycles. The number of benzene rings is 1. The number of hydrogen-bond donors (Lipinski definition) is 1. The van der Waals surface area contributed by atoms with Gasteiger partial charge < -0.3 is 5.73 Å². The van der Waals surface area contributed by atoms with Gasteiger partial charge in [0.25, 0.3) is 0 Å². The van der Waals surface area contributed by atoms with E-state index in [4.69, 9.17) is 5.73 Å². The van der Waals surface area contributed by atoms with Crippen molar-refractivity contribution in [3.05, 3.63) is 33.8 Å². The van der Waals surface area contributed by atoms with Crippen LogP contribution in [0, 0.1) is 17.6 Å². The smallest absolute Gasteiger partial charge is 0.143 e. The van der Waals surface area contributed by atoms with Crippen LogP contribution >= 0.6 is 15.9 Å². The van der Waals surface area contributed by atoms with Crippen molar-refractivity contribution in [2.45, 2.75) is 51.0 Å². The molecule has 2 N–H and O–H groups in total. The van der Waals surface area contributed by atoms with Crippen LogP contribution in [0.25, 0.3) is 0 Å². The summed E-state index contributed by atoms with van der Waals surface area (Å²) in [6.07, 6.45) is 7.39. The van der Waals surface area contributed by atoms with E-state index in [2.05, 4.69) is 15.9 Å². The topological polar surface area (TPSA) is 26.0 Å². The van der Waals surface area contributed by atoms with Crippen molar-refractivity contribution in [3.8, 4) is 0 Å². The molecule has 0 aliphatic heterocycles. The van der Waals surface area contributed by atoms with E-state index in [1.807, 2.05) is 0 Å². The molecule has 0 saturated heterocycles. The minimum atomic E-state index is -0.517. The third kappa shape index (κ3) is 3.99. The first-order chi connectivity index (χ1) is 9.08. The average Bonchev–Trinajstić information content (AvgIpc) is 2.90. The summed E-state index contributed by atoms with van der Waals surface area (Å²) < 4.78 is 27.7. The van der Waals surface area contributed by atoms with E-state index < -0.39 is 11.6 Å². The molecular formula is C15H20BrF2N.